The van der Waals surface area contributed by atoms with Crippen LogP contribution in [0.25, 0.3) is 0 Å². The lowest BCUT2D eigenvalue weighted by Gasteiger charge is -2.11. The quantitative estimate of drug-likeness (QED) is 0.896. The van der Waals surface area contributed by atoms with Gasteiger partial charge in [-0.05, 0) is 12.1 Å². The minimum atomic E-state index is -4.37. The van der Waals surface area contributed by atoms with Crippen LogP contribution in [0.4, 0.5) is 18.9 Å². The zero-order valence-corrected chi connectivity index (χ0v) is 9.83. The highest BCUT2D eigenvalue weighted by Crippen LogP contribution is 2.25. The fourth-order valence-electron chi connectivity index (χ4n) is 1.27. The molecule has 0 aromatic heterocycles. The van der Waals surface area contributed by atoms with Crippen molar-refractivity contribution in [3.05, 3.63) is 24.3 Å². The summed E-state index contributed by atoms with van der Waals surface area (Å²) in [5, 5.41) is 10.7. The second-order valence-electron chi connectivity index (χ2n) is 3.61. The number of halogens is 3. The van der Waals surface area contributed by atoms with Gasteiger partial charge in [0.15, 0.2) is 6.61 Å². The van der Waals surface area contributed by atoms with Gasteiger partial charge in [0.05, 0.1) is 12.1 Å². The maximum absolute atomic E-state index is 12.0. The van der Waals surface area contributed by atoms with Crippen LogP contribution in [0.5, 0.6) is 5.75 Å². The average Bonchev–Trinajstić information content (AvgIpc) is 2.34. The molecular weight excluding hydrogens is 261 g/mol. The van der Waals surface area contributed by atoms with Gasteiger partial charge in [-0.2, -0.15) is 18.4 Å². The molecule has 0 unspecified atom stereocenters. The lowest BCUT2D eigenvalue weighted by molar-refractivity contribution is -0.142. The second kappa shape index (κ2) is 6.64. The minimum absolute atomic E-state index is 0.213. The van der Waals surface area contributed by atoms with Gasteiger partial charge in [0.25, 0.3) is 0 Å². The SMILES string of the molecule is N#CCOc1ccccc1NC(=O)CCC(F)(F)F. The van der Waals surface area contributed by atoms with Crippen molar-refractivity contribution in [2.75, 3.05) is 11.9 Å². The Kier molecular flexibility index (Phi) is 5.18. The molecule has 1 aromatic carbocycles. The molecule has 0 saturated heterocycles. The Bertz CT molecular complexity index is 481. The van der Waals surface area contributed by atoms with Gasteiger partial charge in [0, 0.05) is 6.42 Å². The van der Waals surface area contributed by atoms with Crippen LogP contribution in [-0.4, -0.2) is 18.7 Å². The van der Waals surface area contributed by atoms with Crippen molar-refractivity contribution in [1.82, 2.24) is 0 Å². The molecule has 1 amide bonds. The Hall–Kier alpha value is -2.23. The number of carbonyl (C=O) groups is 1. The third-order valence-electron chi connectivity index (χ3n) is 2.09. The van der Waals surface area contributed by atoms with E-state index in [0.29, 0.717) is 0 Å². The molecule has 0 radical (unpaired) electrons. The van der Waals surface area contributed by atoms with E-state index < -0.39 is 24.9 Å². The number of benzene rings is 1. The zero-order chi connectivity index (χ0) is 14.3. The lowest BCUT2D eigenvalue weighted by atomic mass is 10.2. The number of nitrogens with one attached hydrogen (secondary N) is 1. The molecule has 1 N–H and O–H groups in total. The molecule has 0 spiro atoms. The fourth-order valence-corrected chi connectivity index (χ4v) is 1.27. The van der Waals surface area contributed by atoms with Crippen LogP contribution in [0, 0.1) is 11.3 Å². The molecule has 0 bridgehead atoms. The number of alkyl halides is 3. The minimum Gasteiger partial charge on any atom is -0.477 e. The molecule has 1 aromatic rings. The summed E-state index contributed by atoms with van der Waals surface area (Å²) in [6.45, 7) is -0.213. The molecule has 102 valence electrons. The summed E-state index contributed by atoms with van der Waals surface area (Å²) >= 11 is 0. The highest BCUT2D eigenvalue weighted by atomic mass is 19.4. The molecule has 0 heterocycles. The molecule has 7 heteroatoms. The van der Waals surface area contributed by atoms with Crippen LogP contribution in [0.2, 0.25) is 0 Å². The Morgan fingerprint density at radius 1 is 1.37 bits per heavy atom. The van der Waals surface area contributed by atoms with E-state index in [1.807, 2.05) is 0 Å². The average molecular weight is 272 g/mol. The van der Waals surface area contributed by atoms with E-state index >= 15 is 0 Å². The number of rotatable bonds is 5. The molecule has 19 heavy (non-hydrogen) atoms. The van der Waals surface area contributed by atoms with E-state index in [1.54, 1.807) is 18.2 Å². The van der Waals surface area contributed by atoms with Crippen LogP contribution >= 0.6 is 0 Å². The zero-order valence-electron chi connectivity index (χ0n) is 9.83. The van der Waals surface area contributed by atoms with E-state index in [-0.39, 0.29) is 18.0 Å². The summed E-state index contributed by atoms with van der Waals surface area (Å²) in [6, 6.07) is 7.97. The van der Waals surface area contributed by atoms with Crippen LogP contribution in [0.1, 0.15) is 12.8 Å². The third-order valence-corrected chi connectivity index (χ3v) is 2.09. The van der Waals surface area contributed by atoms with Crippen LogP contribution in [-0.2, 0) is 4.79 Å². The highest BCUT2D eigenvalue weighted by Gasteiger charge is 2.28. The maximum Gasteiger partial charge on any atom is 0.389 e. The van der Waals surface area contributed by atoms with E-state index in [9.17, 15) is 18.0 Å². The molecule has 0 saturated carbocycles. The molecule has 0 atom stereocenters. The summed E-state index contributed by atoms with van der Waals surface area (Å²) in [5.74, 6) is -0.519. The van der Waals surface area contributed by atoms with Crippen molar-refractivity contribution >= 4 is 11.6 Å². The standard InChI is InChI=1S/C12H11F3N2O2/c13-12(14,15)6-5-11(18)17-9-3-1-2-4-10(9)19-8-7-16/h1-4H,5-6,8H2,(H,17,18). The van der Waals surface area contributed by atoms with E-state index in [4.69, 9.17) is 10.00 Å². The number of para-hydroxylation sites is 2. The number of nitrogens with zero attached hydrogens (tertiary/aromatic N) is 1. The number of anilines is 1. The maximum atomic E-state index is 12.0. The third kappa shape index (κ3) is 5.77. The Labute approximate surface area is 107 Å². The first-order chi connectivity index (χ1) is 8.92. The first-order valence-electron chi connectivity index (χ1n) is 5.38. The normalized spacial score (nSPS) is 10.6. The molecule has 4 nitrogen and oxygen atoms in total. The van der Waals surface area contributed by atoms with Gasteiger partial charge in [-0.15, -0.1) is 0 Å². The molecule has 0 aliphatic heterocycles. The van der Waals surface area contributed by atoms with Crippen molar-refractivity contribution in [2.24, 2.45) is 0 Å². The summed E-state index contributed by atoms with van der Waals surface area (Å²) < 4.78 is 40.9. The first kappa shape index (κ1) is 14.8. The van der Waals surface area contributed by atoms with E-state index in [1.165, 1.54) is 12.1 Å². The summed E-state index contributed by atoms with van der Waals surface area (Å²) in [6.07, 6.45) is -6.20. The van der Waals surface area contributed by atoms with Crippen molar-refractivity contribution in [3.8, 4) is 11.8 Å². The summed E-state index contributed by atoms with van der Waals surface area (Å²) in [7, 11) is 0. The number of nitriles is 1. The van der Waals surface area contributed by atoms with E-state index in [0.717, 1.165) is 0 Å². The monoisotopic (exact) mass is 272 g/mol. The Morgan fingerprint density at radius 3 is 2.68 bits per heavy atom. The molecular formula is C12H11F3N2O2. The predicted molar refractivity (Wildman–Crippen MR) is 61.5 cm³/mol. The molecule has 0 aliphatic carbocycles. The fraction of sp³-hybridized carbons (Fsp3) is 0.333. The predicted octanol–water partition coefficient (Wildman–Crippen LogP) is 2.87. The second-order valence-corrected chi connectivity index (χ2v) is 3.61. The summed E-state index contributed by atoms with van der Waals surface area (Å²) in [5.41, 5.74) is 0.241. The van der Waals surface area contributed by atoms with Crippen molar-refractivity contribution in [2.45, 2.75) is 19.0 Å². The summed E-state index contributed by atoms with van der Waals surface area (Å²) in [4.78, 5) is 11.4. The number of ether oxygens (including phenoxy) is 1. The Morgan fingerprint density at radius 2 is 2.05 bits per heavy atom. The van der Waals surface area contributed by atoms with Gasteiger partial charge in [-0.3, -0.25) is 4.79 Å². The smallest absolute Gasteiger partial charge is 0.389 e. The number of hydrogen-bond donors (Lipinski definition) is 1. The van der Waals surface area contributed by atoms with Gasteiger partial charge in [-0.1, -0.05) is 12.1 Å². The van der Waals surface area contributed by atoms with Gasteiger partial charge in [0.2, 0.25) is 5.91 Å². The molecule has 0 aliphatic rings. The topological polar surface area (TPSA) is 62.1 Å². The van der Waals surface area contributed by atoms with E-state index in [2.05, 4.69) is 5.32 Å². The highest BCUT2D eigenvalue weighted by molar-refractivity contribution is 5.92. The van der Waals surface area contributed by atoms with Crippen LogP contribution in [0.15, 0.2) is 24.3 Å². The van der Waals surface area contributed by atoms with Crippen molar-refractivity contribution in [3.63, 3.8) is 0 Å². The number of carbonyl (C=O) groups excluding carboxylic acids is 1. The first-order valence-corrected chi connectivity index (χ1v) is 5.38. The number of amides is 1. The van der Waals surface area contributed by atoms with Gasteiger partial charge in [-0.25, -0.2) is 0 Å². The van der Waals surface area contributed by atoms with Crippen LogP contribution in [0.3, 0.4) is 0 Å². The molecule has 0 fully saturated rings. The van der Waals surface area contributed by atoms with Crippen molar-refractivity contribution in [1.29, 1.82) is 5.26 Å². The van der Waals surface area contributed by atoms with Crippen molar-refractivity contribution < 1.29 is 22.7 Å². The lowest BCUT2D eigenvalue weighted by Crippen LogP contribution is -2.17. The van der Waals surface area contributed by atoms with Crippen LogP contribution < -0.4 is 10.1 Å². The van der Waals surface area contributed by atoms with Gasteiger partial charge < -0.3 is 10.1 Å². The van der Waals surface area contributed by atoms with Gasteiger partial charge >= 0.3 is 6.18 Å². The number of hydrogen-bond acceptors (Lipinski definition) is 3. The Balaban J connectivity index is 2.61. The largest absolute Gasteiger partial charge is 0.477 e. The molecule has 1 rings (SSSR count). The van der Waals surface area contributed by atoms with Gasteiger partial charge in [0.1, 0.15) is 11.8 Å².